The van der Waals surface area contributed by atoms with Crippen molar-refractivity contribution in [2.75, 3.05) is 0 Å². The molecule has 0 aliphatic rings. The highest BCUT2D eigenvalue weighted by molar-refractivity contribution is 6.11. The number of fused-ring (bicyclic) bond motifs is 6. The highest BCUT2D eigenvalue weighted by Gasteiger charge is 2.22. The van der Waals surface area contributed by atoms with E-state index in [-0.39, 0.29) is 10.8 Å². The fraction of sp³-hybridized carbons (Fsp3) is 0.250. The lowest BCUT2D eigenvalue weighted by Crippen LogP contribution is -2.15. The molecule has 0 unspecified atom stereocenters. The van der Waals surface area contributed by atoms with E-state index >= 15 is 0 Å². The zero-order valence-electron chi connectivity index (χ0n) is 25.7. The Morgan fingerprint density at radius 2 is 0.833 bits per heavy atom. The summed E-state index contributed by atoms with van der Waals surface area (Å²) < 4.78 is 4.87. The predicted octanol–water partition coefficient (Wildman–Crippen LogP) is 11.3. The van der Waals surface area contributed by atoms with Gasteiger partial charge in [0.2, 0.25) is 0 Å². The van der Waals surface area contributed by atoms with Gasteiger partial charge in [0.05, 0.1) is 22.1 Å². The van der Waals surface area contributed by atoms with E-state index < -0.39 is 0 Å². The molecule has 0 radical (unpaired) electrons. The molecule has 0 aliphatic carbocycles. The molecule has 0 amide bonds. The lowest BCUT2D eigenvalue weighted by Gasteiger charge is -2.23. The van der Waals surface area contributed by atoms with E-state index in [1.807, 2.05) is 0 Å². The van der Waals surface area contributed by atoms with Gasteiger partial charge in [0, 0.05) is 32.9 Å². The van der Waals surface area contributed by atoms with Crippen molar-refractivity contribution in [3.63, 3.8) is 0 Å². The van der Waals surface area contributed by atoms with Crippen LogP contribution in [0.25, 0.3) is 55.0 Å². The number of aromatic nitrogens is 2. The Balaban J connectivity index is 1.47. The van der Waals surface area contributed by atoms with Crippen LogP contribution in [-0.4, -0.2) is 9.13 Å². The fourth-order valence-corrected chi connectivity index (χ4v) is 6.52. The van der Waals surface area contributed by atoms with Crippen LogP contribution in [0.2, 0.25) is 0 Å². The third kappa shape index (κ3) is 4.00. The van der Waals surface area contributed by atoms with Gasteiger partial charge >= 0.3 is 0 Å². The second-order valence-electron chi connectivity index (χ2n) is 13.2. The molecular weight excluding hydrogens is 508 g/mol. The molecule has 2 nitrogen and oxygen atoms in total. The largest absolute Gasteiger partial charge is 0.309 e. The molecule has 7 aromatic rings. The maximum atomic E-state index is 2.44. The second kappa shape index (κ2) is 9.63. The SMILES string of the molecule is CCC(C)(C)c1ccc2c(c1)c1ccccc1n2-c1cccc(-n2c3ccccc3c3cc(C(C)(C)CC)ccc32)c1. The Morgan fingerprint density at radius 3 is 1.26 bits per heavy atom. The van der Waals surface area contributed by atoms with Crippen LogP contribution >= 0.6 is 0 Å². The van der Waals surface area contributed by atoms with Crippen LogP contribution in [0.4, 0.5) is 0 Å². The number of benzene rings is 5. The van der Waals surface area contributed by atoms with E-state index in [1.165, 1.54) is 66.1 Å². The Kier molecular flexibility index (Phi) is 6.10. The van der Waals surface area contributed by atoms with Crippen molar-refractivity contribution in [1.29, 1.82) is 0 Å². The maximum absolute atomic E-state index is 2.44. The first kappa shape index (κ1) is 26.6. The quantitative estimate of drug-likeness (QED) is 0.196. The molecule has 0 fully saturated rings. The molecule has 0 bridgehead atoms. The molecule has 210 valence electrons. The monoisotopic (exact) mass is 548 g/mol. The van der Waals surface area contributed by atoms with Gasteiger partial charge in [0.15, 0.2) is 0 Å². The van der Waals surface area contributed by atoms with Crippen molar-refractivity contribution in [3.05, 3.63) is 120 Å². The molecule has 0 saturated heterocycles. The van der Waals surface area contributed by atoms with Gasteiger partial charge < -0.3 is 9.13 Å². The van der Waals surface area contributed by atoms with Crippen LogP contribution < -0.4 is 0 Å². The maximum Gasteiger partial charge on any atom is 0.0541 e. The van der Waals surface area contributed by atoms with Gasteiger partial charge in [-0.1, -0.05) is 96.1 Å². The molecule has 0 spiro atoms. The minimum absolute atomic E-state index is 0.139. The van der Waals surface area contributed by atoms with Crippen molar-refractivity contribution in [3.8, 4) is 11.4 Å². The Labute approximate surface area is 249 Å². The molecule has 5 aromatic carbocycles. The zero-order valence-corrected chi connectivity index (χ0v) is 25.7. The predicted molar refractivity (Wildman–Crippen MR) is 182 cm³/mol. The Morgan fingerprint density at radius 1 is 0.429 bits per heavy atom. The summed E-state index contributed by atoms with van der Waals surface area (Å²) in [6, 6.07) is 40.9. The minimum Gasteiger partial charge on any atom is -0.309 e. The van der Waals surface area contributed by atoms with Crippen LogP contribution in [0.1, 0.15) is 65.5 Å². The van der Waals surface area contributed by atoms with Gasteiger partial charge in [-0.2, -0.15) is 0 Å². The number of hydrogen-bond acceptors (Lipinski definition) is 0. The molecular formula is C40H40N2. The van der Waals surface area contributed by atoms with E-state index in [1.54, 1.807) is 0 Å². The number of para-hydroxylation sites is 2. The molecule has 0 aliphatic heterocycles. The van der Waals surface area contributed by atoms with Gasteiger partial charge in [-0.3, -0.25) is 0 Å². The smallest absolute Gasteiger partial charge is 0.0541 e. The van der Waals surface area contributed by atoms with E-state index in [0.29, 0.717) is 0 Å². The standard InChI is InChI=1S/C40H40N2/c1-7-39(3,4)27-20-22-37-33(24-27)31-16-9-11-18-35(31)41(37)29-14-13-15-30(26-29)42-36-19-12-10-17-32(36)34-25-28(21-23-38(34)42)40(5,6)8-2/h9-26H,7-8H2,1-6H3. The van der Waals surface area contributed by atoms with E-state index in [2.05, 4.69) is 160 Å². The summed E-state index contributed by atoms with van der Waals surface area (Å²) in [4.78, 5) is 0. The Hall–Kier alpha value is -4.30. The highest BCUT2D eigenvalue weighted by Crippen LogP contribution is 2.39. The van der Waals surface area contributed by atoms with Gasteiger partial charge in [0.25, 0.3) is 0 Å². The van der Waals surface area contributed by atoms with Crippen molar-refractivity contribution >= 4 is 43.6 Å². The average molecular weight is 549 g/mol. The third-order valence-electron chi connectivity index (χ3n) is 10.0. The van der Waals surface area contributed by atoms with Crippen molar-refractivity contribution < 1.29 is 0 Å². The molecule has 2 heterocycles. The van der Waals surface area contributed by atoms with Gasteiger partial charge in [-0.05, 0) is 89.4 Å². The van der Waals surface area contributed by atoms with Crippen LogP contribution in [0.3, 0.4) is 0 Å². The molecule has 0 saturated carbocycles. The summed E-state index contributed by atoms with van der Waals surface area (Å²) in [5, 5.41) is 5.24. The highest BCUT2D eigenvalue weighted by atomic mass is 15.0. The second-order valence-corrected chi connectivity index (χ2v) is 13.2. The third-order valence-corrected chi connectivity index (χ3v) is 10.0. The summed E-state index contributed by atoms with van der Waals surface area (Å²) in [6.07, 6.45) is 2.21. The molecule has 42 heavy (non-hydrogen) atoms. The summed E-state index contributed by atoms with van der Waals surface area (Å²) >= 11 is 0. The zero-order chi connectivity index (χ0) is 29.2. The van der Waals surface area contributed by atoms with Crippen LogP contribution in [0.15, 0.2) is 109 Å². The number of nitrogens with zero attached hydrogens (tertiary/aromatic N) is 2. The average Bonchev–Trinajstić information content (AvgIpc) is 3.53. The summed E-state index contributed by atoms with van der Waals surface area (Å²) in [7, 11) is 0. The van der Waals surface area contributed by atoms with Gasteiger partial charge in [0.1, 0.15) is 0 Å². The van der Waals surface area contributed by atoms with E-state index in [9.17, 15) is 0 Å². The summed E-state index contributed by atoms with van der Waals surface area (Å²) in [5.74, 6) is 0. The summed E-state index contributed by atoms with van der Waals surface area (Å²) in [5.41, 5.74) is 10.4. The summed E-state index contributed by atoms with van der Waals surface area (Å²) in [6.45, 7) is 13.9. The lowest BCUT2D eigenvalue weighted by molar-refractivity contribution is 0.507. The number of hydrogen-bond donors (Lipinski definition) is 0. The molecule has 0 atom stereocenters. The Bertz CT molecular complexity index is 1970. The van der Waals surface area contributed by atoms with Gasteiger partial charge in [-0.15, -0.1) is 0 Å². The fourth-order valence-electron chi connectivity index (χ4n) is 6.52. The minimum atomic E-state index is 0.139. The van der Waals surface area contributed by atoms with Crippen molar-refractivity contribution in [1.82, 2.24) is 9.13 Å². The van der Waals surface area contributed by atoms with E-state index in [4.69, 9.17) is 0 Å². The number of rotatable bonds is 6. The first-order valence-electron chi connectivity index (χ1n) is 15.4. The molecule has 7 rings (SSSR count). The van der Waals surface area contributed by atoms with Crippen LogP contribution in [-0.2, 0) is 10.8 Å². The normalized spacial score (nSPS) is 12.7. The first-order chi connectivity index (χ1) is 20.2. The molecule has 0 N–H and O–H groups in total. The van der Waals surface area contributed by atoms with Gasteiger partial charge in [-0.25, -0.2) is 0 Å². The molecule has 2 heteroatoms. The van der Waals surface area contributed by atoms with E-state index in [0.717, 1.165) is 12.8 Å². The van der Waals surface area contributed by atoms with Crippen molar-refractivity contribution in [2.24, 2.45) is 0 Å². The topological polar surface area (TPSA) is 9.86 Å². The first-order valence-corrected chi connectivity index (χ1v) is 15.4. The van der Waals surface area contributed by atoms with Crippen LogP contribution in [0.5, 0.6) is 0 Å². The van der Waals surface area contributed by atoms with Crippen LogP contribution in [0, 0.1) is 0 Å². The van der Waals surface area contributed by atoms with Crippen molar-refractivity contribution in [2.45, 2.75) is 65.2 Å². The lowest BCUT2D eigenvalue weighted by atomic mass is 9.82. The molecule has 2 aromatic heterocycles.